The van der Waals surface area contributed by atoms with Crippen LogP contribution in [0.4, 0.5) is 0 Å². The van der Waals surface area contributed by atoms with E-state index in [0.717, 1.165) is 33.7 Å². The van der Waals surface area contributed by atoms with Gasteiger partial charge in [-0.1, -0.05) is 78.3 Å². The minimum Gasteiger partial charge on any atom is -0.343 e. The van der Waals surface area contributed by atoms with Gasteiger partial charge < -0.3 is 9.13 Å². The molecule has 0 amide bonds. The van der Waals surface area contributed by atoms with Crippen molar-refractivity contribution in [2.24, 2.45) is 0 Å². The number of benzene rings is 4. The summed E-state index contributed by atoms with van der Waals surface area (Å²) in [5.74, 6) is 0. The number of rotatable bonds is 3. The number of aromatic nitrogens is 2. The zero-order chi connectivity index (χ0) is 20.1. The Kier molecular flexibility index (Phi) is 3.93. The molecule has 6 aromatic rings. The first kappa shape index (κ1) is 17.4. The third-order valence-corrected chi connectivity index (χ3v) is 6.15. The smallest absolute Gasteiger partial charge is 0.0649 e. The van der Waals surface area contributed by atoms with Crippen LogP contribution in [-0.4, -0.2) is 9.13 Å². The molecule has 0 spiro atoms. The van der Waals surface area contributed by atoms with Crippen LogP contribution in [0.5, 0.6) is 0 Å². The van der Waals surface area contributed by atoms with Gasteiger partial charge in [0.2, 0.25) is 0 Å². The maximum atomic E-state index is 6.92. The Balaban J connectivity index is 1.72. The molecule has 0 saturated carbocycles. The van der Waals surface area contributed by atoms with Gasteiger partial charge in [-0.15, -0.1) is 0 Å². The van der Waals surface area contributed by atoms with Gasteiger partial charge in [-0.3, -0.25) is 0 Å². The molecule has 2 nitrogen and oxygen atoms in total. The maximum absolute atomic E-state index is 6.92. The first-order chi connectivity index (χ1) is 14.8. The van der Waals surface area contributed by atoms with Crippen molar-refractivity contribution in [1.29, 1.82) is 0 Å². The molecular weight excluding hydrogens is 388 g/mol. The van der Waals surface area contributed by atoms with E-state index in [4.69, 9.17) is 11.6 Å². The van der Waals surface area contributed by atoms with E-state index in [0.29, 0.717) is 0 Å². The molecule has 3 heteroatoms. The van der Waals surface area contributed by atoms with Crippen LogP contribution in [0.3, 0.4) is 0 Å². The van der Waals surface area contributed by atoms with Gasteiger partial charge in [0.1, 0.15) is 0 Å². The first-order valence-corrected chi connectivity index (χ1v) is 10.5. The fourth-order valence-corrected chi connectivity index (χ4v) is 4.83. The number of para-hydroxylation sites is 2. The molecule has 0 aliphatic rings. The summed E-state index contributed by atoms with van der Waals surface area (Å²) in [5, 5.41) is 4.29. The Morgan fingerprint density at radius 3 is 2.17 bits per heavy atom. The van der Waals surface area contributed by atoms with Crippen LogP contribution in [0.25, 0.3) is 38.4 Å². The molecule has 144 valence electrons. The Hall–Kier alpha value is -3.49. The summed E-state index contributed by atoms with van der Waals surface area (Å²) in [6, 6.07) is 33.9. The lowest BCUT2D eigenvalue weighted by Crippen LogP contribution is -1.98. The molecule has 0 N–H and O–H groups in total. The Morgan fingerprint density at radius 2 is 1.37 bits per heavy atom. The summed E-state index contributed by atoms with van der Waals surface area (Å²) in [6.45, 7) is 0.817. The van der Waals surface area contributed by atoms with Crippen LogP contribution >= 0.6 is 11.6 Å². The first-order valence-electron chi connectivity index (χ1n) is 10.1. The van der Waals surface area contributed by atoms with Crippen molar-refractivity contribution in [1.82, 2.24) is 9.13 Å². The number of hydrogen-bond acceptors (Lipinski definition) is 0. The summed E-state index contributed by atoms with van der Waals surface area (Å²) >= 11 is 6.92. The van der Waals surface area contributed by atoms with E-state index in [1.54, 1.807) is 0 Å². The van der Waals surface area contributed by atoms with Gasteiger partial charge in [-0.25, -0.2) is 0 Å². The number of halogens is 1. The molecule has 0 aliphatic carbocycles. The molecule has 2 aromatic heterocycles. The molecule has 0 fully saturated rings. The largest absolute Gasteiger partial charge is 0.343 e. The average Bonchev–Trinajstić information content (AvgIpc) is 3.34. The second-order valence-corrected chi connectivity index (χ2v) is 8.04. The minimum atomic E-state index is 0.788. The quantitative estimate of drug-likeness (QED) is 0.289. The summed E-state index contributed by atoms with van der Waals surface area (Å²) in [4.78, 5) is 0. The van der Waals surface area contributed by atoms with Gasteiger partial charge >= 0.3 is 0 Å². The summed E-state index contributed by atoms with van der Waals surface area (Å²) in [7, 11) is 0. The van der Waals surface area contributed by atoms with E-state index in [9.17, 15) is 0 Å². The summed E-state index contributed by atoms with van der Waals surface area (Å²) in [5.41, 5.74) is 5.90. The zero-order valence-corrected chi connectivity index (χ0v) is 17.1. The molecule has 0 atom stereocenters. The third kappa shape index (κ3) is 2.58. The predicted octanol–water partition coefficient (Wildman–Crippen LogP) is 7.44. The van der Waals surface area contributed by atoms with Gasteiger partial charge in [0.05, 0.1) is 21.6 Å². The number of hydrogen-bond donors (Lipinski definition) is 0. The molecule has 0 radical (unpaired) electrons. The second-order valence-electron chi connectivity index (χ2n) is 7.63. The van der Waals surface area contributed by atoms with Crippen LogP contribution < -0.4 is 0 Å². The van der Waals surface area contributed by atoms with Crippen LogP contribution in [-0.2, 0) is 6.54 Å². The van der Waals surface area contributed by atoms with E-state index in [1.165, 1.54) is 21.9 Å². The van der Waals surface area contributed by atoms with Crippen LogP contribution in [0.1, 0.15) is 5.56 Å². The van der Waals surface area contributed by atoms with Crippen molar-refractivity contribution in [3.05, 3.63) is 114 Å². The van der Waals surface area contributed by atoms with Crippen molar-refractivity contribution in [3.8, 4) is 5.69 Å². The molecule has 0 saturated heterocycles. The SMILES string of the molecule is Clc1cc2c(ccn2Cc2ccccc2)c2c1c1ccccc1n2-c1ccccc1. The number of fused-ring (bicyclic) bond motifs is 5. The van der Waals surface area contributed by atoms with E-state index >= 15 is 0 Å². The van der Waals surface area contributed by atoms with Crippen LogP contribution in [0.15, 0.2) is 103 Å². The van der Waals surface area contributed by atoms with E-state index in [1.807, 2.05) is 0 Å². The normalized spacial score (nSPS) is 11.6. The van der Waals surface area contributed by atoms with E-state index < -0.39 is 0 Å². The fraction of sp³-hybridized carbons (Fsp3) is 0.0370. The maximum Gasteiger partial charge on any atom is 0.0649 e. The fourth-order valence-electron chi connectivity index (χ4n) is 4.54. The molecule has 6 rings (SSSR count). The topological polar surface area (TPSA) is 9.86 Å². The molecule has 0 unspecified atom stereocenters. The summed E-state index contributed by atoms with van der Waals surface area (Å²) in [6.07, 6.45) is 2.17. The Morgan fingerprint density at radius 1 is 0.667 bits per heavy atom. The van der Waals surface area contributed by atoms with Gasteiger partial charge in [-0.05, 0) is 35.9 Å². The van der Waals surface area contributed by atoms with Gasteiger partial charge in [0.25, 0.3) is 0 Å². The number of nitrogens with zero attached hydrogens (tertiary/aromatic N) is 2. The zero-order valence-electron chi connectivity index (χ0n) is 16.3. The lowest BCUT2D eigenvalue weighted by molar-refractivity contribution is 0.837. The molecule has 30 heavy (non-hydrogen) atoms. The standard InChI is InChI=1S/C27H19ClN2/c28-23-17-25-22(15-16-29(25)18-19-9-3-1-4-10-19)27-26(23)21-13-7-8-14-24(21)30(27)20-11-5-2-6-12-20/h1-17H,18H2. The molecular formula is C27H19ClN2. The minimum absolute atomic E-state index is 0.788. The second kappa shape index (κ2) is 6.79. The molecule has 0 aliphatic heterocycles. The average molecular weight is 407 g/mol. The lowest BCUT2D eigenvalue weighted by Gasteiger charge is -2.10. The van der Waals surface area contributed by atoms with E-state index in [-0.39, 0.29) is 0 Å². The van der Waals surface area contributed by atoms with Crippen molar-refractivity contribution < 1.29 is 0 Å². The summed E-state index contributed by atoms with van der Waals surface area (Å²) < 4.78 is 4.62. The third-order valence-electron chi connectivity index (χ3n) is 5.85. The monoisotopic (exact) mass is 406 g/mol. The van der Waals surface area contributed by atoms with Crippen molar-refractivity contribution in [2.45, 2.75) is 6.54 Å². The lowest BCUT2D eigenvalue weighted by atomic mass is 10.1. The van der Waals surface area contributed by atoms with Gasteiger partial charge in [0.15, 0.2) is 0 Å². The molecule has 0 bridgehead atoms. The van der Waals surface area contributed by atoms with Gasteiger partial charge in [0, 0.05) is 34.6 Å². The highest BCUT2D eigenvalue weighted by atomic mass is 35.5. The van der Waals surface area contributed by atoms with Crippen molar-refractivity contribution in [2.75, 3.05) is 0 Å². The van der Waals surface area contributed by atoms with Gasteiger partial charge in [-0.2, -0.15) is 0 Å². The van der Waals surface area contributed by atoms with E-state index in [2.05, 4.69) is 112 Å². The Bertz CT molecular complexity index is 1510. The molecule has 2 heterocycles. The highest BCUT2D eigenvalue weighted by molar-refractivity contribution is 6.40. The van der Waals surface area contributed by atoms with Crippen molar-refractivity contribution >= 4 is 44.3 Å². The Labute approximate surface area is 179 Å². The predicted molar refractivity (Wildman–Crippen MR) is 127 cm³/mol. The van der Waals surface area contributed by atoms with Crippen molar-refractivity contribution in [3.63, 3.8) is 0 Å². The molecule has 4 aromatic carbocycles. The van der Waals surface area contributed by atoms with Crippen LogP contribution in [0, 0.1) is 0 Å². The van der Waals surface area contributed by atoms with Crippen LogP contribution in [0.2, 0.25) is 5.02 Å². The highest BCUT2D eigenvalue weighted by Crippen LogP contribution is 2.41. The highest BCUT2D eigenvalue weighted by Gasteiger charge is 2.19.